The molecule has 0 aliphatic heterocycles. The maximum atomic E-state index is 11.9. The van der Waals surface area contributed by atoms with E-state index in [1.54, 1.807) is 6.92 Å². The smallest absolute Gasteiger partial charge is 0.306 e. The fourth-order valence-electron chi connectivity index (χ4n) is 1.51. The van der Waals surface area contributed by atoms with E-state index in [0.29, 0.717) is 38.2 Å². The van der Waals surface area contributed by atoms with Crippen LogP contribution in [0, 0.1) is 0 Å². The topological polar surface area (TPSA) is 35.5 Å². The third-order valence-electron chi connectivity index (χ3n) is 2.37. The summed E-state index contributed by atoms with van der Waals surface area (Å²) in [6.45, 7) is 2.20. The Hall–Kier alpha value is -1.58. The van der Waals surface area contributed by atoms with Crippen molar-refractivity contribution in [2.75, 3.05) is 19.9 Å². The number of esters is 1. The molecule has 0 radical (unpaired) electrons. The minimum Gasteiger partial charge on any atom is -0.493 e. The van der Waals surface area contributed by atoms with Crippen LogP contribution < -0.4 is 4.74 Å². The van der Waals surface area contributed by atoms with Gasteiger partial charge in [0.2, 0.25) is 0 Å². The number of hydrogen-bond acceptors (Lipinski definition) is 3. The Labute approximate surface area is 107 Å². The molecule has 0 aromatic heterocycles. The Morgan fingerprint density at radius 3 is 2.94 bits per heavy atom. The van der Waals surface area contributed by atoms with E-state index in [0.717, 1.165) is 5.56 Å². The van der Waals surface area contributed by atoms with Gasteiger partial charge < -0.3 is 9.47 Å². The molecule has 0 aliphatic carbocycles. The van der Waals surface area contributed by atoms with E-state index >= 15 is 0 Å². The Morgan fingerprint density at radius 1 is 1.39 bits per heavy atom. The van der Waals surface area contributed by atoms with Crippen LogP contribution in [0.25, 0.3) is 0 Å². The zero-order valence-corrected chi connectivity index (χ0v) is 10.7. The highest BCUT2D eigenvalue weighted by Gasteiger charge is 2.03. The fourth-order valence-corrected chi connectivity index (χ4v) is 1.51. The van der Waals surface area contributed by atoms with Crippen molar-refractivity contribution in [3.63, 3.8) is 0 Å². The van der Waals surface area contributed by atoms with Gasteiger partial charge in [0.05, 0.1) is 19.9 Å². The number of halogens is 1. The van der Waals surface area contributed by atoms with Gasteiger partial charge in [-0.25, -0.2) is 0 Å². The Morgan fingerprint density at radius 2 is 2.22 bits per heavy atom. The van der Waals surface area contributed by atoms with Crippen LogP contribution in [0.2, 0.25) is 0 Å². The van der Waals surface area contributed by atoms with Gasteiger partial charge in [-0.1, -0.05) is 12.1 Å². The lowest BCUT2D eigenvalue weighted by Gasteiger charge is -2.07. The molecule has 100 valence electrons. The number of rotatable bonds is 8. The Balaban J connectivity index is 2.41. The molecular weight excluding hydrogens is 235 g/mol. The molecule has 1 aromatic rings. The van der Waals surface area contributed by atoms with Crippen LogP contribution in [0.15, 0.2) is 24.3 Å². The van der Waals surface area contributed by atoms with Crippen molar-refractivity contribution in [2.24, 2.45) is 0 Å². The second kappa shape index (κ2) is 8.50. The zero-order chi connectivity index (χ0) is 13.2. The van der Waals surface area contributed by atoms with Crippen LogP contribution in [-0.2, 0) is 16.0 Å². The van der Waals surface area contributed by atoms with Crippen molar-refractivity contribution in [3.05, 3.63) is 29.8 Å². The van der Waals surface area contributed by atoms with Crippen molar-refractivity contribution in [1.82, 2.24) is 0 Å². The summed E-state index contributed by atoms with van der Waals surface area (Å²) in [6.07, 6.45) is 1.38. The number of alkyl halides is 1. The summed E-state index contributed by atoms with van der Waals surface area (Å²) in [4.78, 5) is 11.2. The molecule has 0 bridgehead atoms. The molecule has 4 heteroatoms. The van der Waals surface area contributed by atoms with Crippen LogP contribution in [0.3, 0.4) is 0 Å². The lowest BCUT2D eigenvalue weighted by Crippen LogP contribution is -2.05. The Kier molecular flexibility index (Phi) is 6.84. The van der Waals surface area contributed by atoms with Crippen molar-refractivity contribution >= 4 is 5.97 Å². The predicted octanol–water partition coefficient (Wildman–Crippen LogP) is 2.92. The van der Waals surface area contributed by atoms with Gasteiger partial charge in [-0.3, -0.25) is 9.18 Å². The number of carbonyl (C=O) groups is 1. The summed E-state index contributed by atoms with van der Waals surface area (Å²) in [7, 11) is 0. The molecule has 0 N–H and O–H groups in total. The van der Waals surface area contributed by atoms with Gasteiger partial charge in [0.25, 0.3) is 0 Å². The summed E-state index contributed by atoms with van der Waals surface area (Å²) >= 11 is 0. The van der Waals surface area contributed by atoms with E-state index in [-0.39, 0.29) is 12.6 Å². The van der Waals surface area contributed by atoms with Gasteiger partial charge in [0.1, 0.15) is 5.75 Å². The van der Waals surface area contributed by atoms with E-state index in [9.17, 15) is 9.18 Å². The molecule has 1 rings (SSSR count). The lowest BCUT2D eigenvalue weighted by molar-refractivity contribution is -0.143. The highest BCUT2D eigenvalue weighted by Crippen LogP contribution is 2.15. The average molecular weight is 254 g/mol. The van der Waals surface area contributed by atoms with Crippen LogP contribution in [0.4, 0.5) is 4.39 Å². The fraction of sp³-hybridized carbons (Fsp3) is 0.500. The molecule has 0 atom stereocenters. The quantitative estimate of drug-likeness (QED) is 0.528. The first-order valence-corrected chi connectivity index (χ1v) is 6.19. The molecule has 3 nitrogen and oxygen atoms in total. The van der Waals surface area contributed by atoms with Gasteiger partial charge in [0.15, 0.2) is 0 Å². The lowest BCUT2D eigenvalue weighted by atomic mass is 10.1. The molecule has 0 fully saturated rings. The summed E-state index contributed by atoms with van der Waals surface area (Å²) in [5.41, 5.74) is 1.01. The monoisotopic (exact) mass is 254 g/mol. The van der Waals surface area contributed by atoms with Crippen LogP contribution in [0.5, 0.6) is 5.75 Å². The average Bonchev–Trinajstić information content (AvgIpc) is 2.38. The highest BCUT2D eigenvalue weighted by atomic mass is 19.1. The third kappa shape index (κ3) is 5.66. The van der Waals surface area contributed by atoms with E-state index in [4.69, 9.17) is 9.47 Å². The summed E-state index contributed by atoms with van der Waals surface area (Å²) < 4.78 is 22.2. The first kappa shape index (κ1) is 14.5. The summed E-state index contributed by atoms with van der Waals surface area (Å²) in [5.74, 6) is 0.519. The number of hydrogen-bond donors (Lipinski definition) is 0. The molecule has 0 saturated heterocycles. The summed E-state index contributed by atoms with van der Waals surface area (Å²) in [5, 5.41) is 0. The van der Waals surface area contributed by atoms with E-state index < -0.39 is 0 Å². The number of benzene rings is 1. The molecule has 18 heavy (non-hydrogen) atoms. The molecule has 0 unspecified atom stereocenters. The van der Waals surface area contributed by atoms with E-state index in [1.165, 1.54) is 0 Å². The molecule has 0 aliphatic rings. The maximum absolute atomic E-state index is 11.9. The first-order chi connectivity index (χ1) is 8.76. The van der Waals surface area contributed by atoms with Gasteiger partial charge in [-0.2, -0.15) is 0 Å². The van der Waals surface area contributed by atoms with Gasteiger partial charge >= 0.3 is 5.97 Å². The van der Waals surface area contributed by atoms with Gasteiger partial charge in [0, 0.05) is 12.8 Å². The van der Waals surface area contributed by atoms with E-state index in [1.807, 2.05) is 24.3 Å². The number of carbonyl (C=O) groups excluding carboxylic acids is 1. The van der Waals surface area contributed by atoms with Crippen molar-refractivity contribution < 1.29 is 18.7 Å². The number of aryl methyl sites for hydroxylation is 1. The molecule has 0 saturated carbocycles. The third-order valence-corrected chi connectivity index (χ3v) is 2.37. The molecule has 0 amide bonds. The summed E-state index contributed by atoms with van der Waals surface area (Å²) in [6, 6.07) is 7.50. The van der Waals surface area contributed by atoms with Crippen LogP contribution in [-0.4, -0.2) is 25.9 Å². The largest absolute Gasteiger partial charge is 0.493 e. The maximum Gasteiger partial charge on any atom is 0.306 e. The van der Waals surface area contributed by atoms with Gasteiger partial charge in [-0.15, -0.1) is 0 Å². The predicted molar refractivity (Wildman–Crippen MR) is 67.5 cm³/mol. The highest BCUT2D eigenvalue weighted by molar-refractivity contribution is 5.69. The van der Waals surface area contributed by atoms with Crippen molar-refractivity contribution in [1.29, 1.82) is 0 Å². The molecule has 1 aromatic carbocycles. The van der Waals surface area contributed by atoms with Crippen molar-refractivity contribution in [3.8, 4) is 5.75 Å². The van der Waals surface area contributed by atoms with Gasteiger partial charge in [-0.05, 0) is 31.0 Å². The second-order valence-corrected chi connectivity index (χ2v) is 3.84. The zero-order valence-electron chi connectivity index (χ0n) is 10.7. The van der Waals surface area contributed by atoms with E-state index in [2.05, 4.69) is 0 Å². The Bertz CT molecular complexity index is 366. The van der Waals surface area contributed by atoms with Crippen LogP contribution in [0.1, 0.15) is 25.3 Å². The molecule has 0 heterocycles. The molecular formula is C14H19FO3. The minimum atomic E-state index is -0.372. The second-order valence-electron chi connectivity index (χ2n) is 3.84. The number of ether oxygens (including phenoxy) is 2. The van der Waals surface area contributed by atoms with Crippen molar-refractivity contribution in [2.45, 2.75) is 26.2 Å². The standard InChI is InChI=1S/C14H19FO3/c1-2-17-14(16)8-7-12-5-3-6-13(11-12)18-10-4-9-15/h3,5-6,11H,2,4,7-10H2,1H3. The SMILES string of the molecule is CCOC(=O)CCc1cccc(OCCCF)c1. The minimum absolute atomic E-state index is 0.193. The van der Waals surface area contributed by atoms with Crippen LogP contribution >= 0.6 is 0 Å². The molecule has 0 spiro atoms. The first-order valence-electron chi connectivity index (χ1n) is 6.19. The normalized spacial score (nSPS) is 10.1.